The van der Waals surface area contributed by atoms with Crippen LogP contribution in [0.3, 0.4) is 0 Å². The van der Waals surface area contributed by atoms with E-state index < -0.39 is 28.5 Å². The summed E-state index contributed by atoms with van der Waals surface area (Å²) in [6.45, 7) is 1.72. The summed E-state index contributed by atoms with van der Waals surface area (Å²) in [7, 11) is -2.83. The maximum atomic E-state index is 14.6. The third-order valence-electron chi connectivity index (χ3n) is 7.48. The molecule has 47 heavy (non-hydrogen) atoms. The topological polar surface area (TPSA) is 96.0 Å². The Kier molecular flexibility index (Phi) is 13.0. The minimum absolute atomic E-state index is 0.0588. The molecule has 1 atom stereocenters. The minimum Gasteiger partial charge on any atom is -0.497 e. The van der Waals surface area contributed by atoms with Crippen LogP contribution in [0.4, 0.5) is 5.69 Å². The van der Waals surface area contributed by atoms with Gasteiger partial charge in [0.05, 0.1) is 17.7 Å². The van der Waals surface area contributed by atoms with Crippen molar-refractivity contribution in [3.8, 4) is 5.75 Å². The molecule has 0 unspecified atom stereocenters. The highest BCUT2D eigenvalue weighted by molar-refractivity contribution is 7.92. The van der Waals surface area contributed by atoms with Crippen molar-refractivity contribution in [2.75, 3.05) is 24.5 Å². The van der Waals surface area contributed by atoms with Gasteiger partial charge in [0.2, 0.25) is 11.8 Å². The number of hydrogen-bond acceptors (Lipinski definition) is 5. The zero-order valence-corrected chi connectivity index (χ0v) is 29.1. The van der Waals surface area contributed by atoms with E-state index in [0.717, 1.165) is 22.7 Å². The second kappa shape index (κ2) is 16.9. The summed E-state index contributed by atoms with van der Waals surface area (Å²) in [6.07, 6.45) is 1.80. The van der Waals surface area contributed by atoms with Gasteiger partial charge >= 0.3 is 0 Å². The Labute approximate surface area is 291 Å². The number of benzene rings is 4. The van der Waals surface area contributed by atoms with Crippen LogP contribution in [0.15, 0.2) is 102 Å². The molecule has 0 heterocycles. The van der Waals surface area contributed by atoms with Crippen molar-refractivity contribution in [2.45, 2.75) is 43.7 Å². The first kappa shape index (κ1) is 36.1. The van der Waals surface area contributed by atoms with Gasteiger partial charge in [0.15, 0.2) is 0 Å². The Morgan fingerprint density at radius 3 is 2.21 bits per heavy atom. The molecule has 0 aliphatic heterocycles. The molecular formula is C35H36Cl3N3O5S. The number of methoxy groups -OCH3 is 1. The number of amides is 2. The van der Waals surface area contributed by atoms with Crippen LogP contribution in [0.2, 0.25) is 15.1 Å². The average Bonchev–Trinajstić information content (AvgIpc) is 3.06. The fourth-order valence-corrected chi connectivity index (χ4v) is 6.99. The van der Waals surface area contributed by atoms with Gasteiger partial charge in [-0.25, -0.2) is 8.42 Å². The van der Waals surface area contributed by atoms with Crippen molar-refractivity contribution in [1.29, 1.82) is 0 Å². The Balaban J connectivity index is 1.81. The number of nitrogens with one attached hydrogen (secondary N) is 1. The van der Waals surface area contributed by atoms with Gasteiger partial charge in [-0.15, -0.1) is 0 Å². The molecule has 0 spiro atoms. The van der Waals surface area contributed by atoms with Crippen LogP contribution in [0.25, 0.3) is 0 Å². The maximum Gasteiger partial charge on any atom is 0.264 e. The highest BCUT2D eigenvalue weighted by Crippen LogP contribution is 2.29. The fourth-order valence-electron chi connectivity index (χ4n) is 4.93. The number of ether oxygens (including phenoxy) is 1. The zero-order chi connectivity index (χ0) is 34.0. The van der Waals surface area contributed by atoms with E-state index in [1.807, 2.05) is 37.3 Å². The maximum absolute atomic E-state index is 14.6. The molecule has 0 aliphatic carbocycles. The summed E-state index contributed by atoms with van der Waals surface area (Å²) >= 11 is 19.0. The lowest BCUT2D eigenvalue weighted by Gasteiger charge is -2.34. The van der Waals surface area contributed by atoms with Crippen molar-refractivity contribution in [3.05, 3.63) is 123 Å². The third kappa shape index (κ3) is 9.64. The molecule has 4 rings (SSSR count). The second-order valence-corrected chi connectivity index (χ2v) is 13.9. The Bertz CT molecular complexity index is 1770. The van der Waals surface area contributed by atoms with Gasteiger partial charge in [0.25, 0.3) is 10.0 Å². The lowest BCUT2D eigenvalue weighted by Crippen LogP contribution is -2.53. The summed E-state index contributed by atoms with van der Waals surface area (Å²) < 4.78 is 34.5. The number of unbranched alkanes of at least 4 members (excludes halogenated alkanes) is 1. The lowest BCUT2D eigenvalue weighted by molar-refractivity contribution is -0.140. The first-order chi connectivity index (χ1) is 22.5. The number of carbonyl (C=O) groups is 2. The molecule has 4 aromatic carbocycles. The normalized spacial score (nSPS) is 11.9. The molecule has 0 aromatic heterocycles. The summed E-state index contributed by atoms with van der Waals surface area (Å²) in [6, 6.07) is 25.3. The zero-order valence-electron chi connectivity index (χ0n) is 26.0. The summed E-state index contributed by atoms with van der Waals surface area (Å²) in [5.74, 6) is -0.522. The minimum atomic E-state index is -4.31. The Morgan fingerprint density at radius 1 is 0.872 bits per heavy atom. The van der Waals surface area contributed by atoms with E-state index >= 15 is 0 Å². The molecule has 0 fully saturated rings. The molecule has 0 aliphatic rings. The van der Waals surface area contributed by atoms with E-state index in [4.69, 9.17) is 39.5 Å². The number of carbonyl (C=O) groups excluding carboxylic acids is 2. The van der Waals surface area contributed by atoms with Crippen LogP contribution in [-0.4, -0.2) is 51.4 Å². The number of anilines is 1. The second-order valence-electron chi connectivity index (χ2n) is 10.8. The summed E-state index contributed by atoms with van der Waals surface area (Å²) in [5, 5.41) is 3.96. The quantitative estimate of drug-likeness (QED) is 0.129. The van der Waals surface area contributed by atoms with Crippen LogP contribution >= 0.6 is 34.8 Å². The first-order valence-corrected chi connectivity index (χ1v) is 17.6. The molecule has 12 heteroatoms. The first-order valence-electron chi connectivity index (χ1n) is 15.0. The highest BCUT2D eigenvalue weighted by atomic mass is 35.5. The van der Waals surface area contributed by atoms with Crippen molar-refractivity contribution < 1.29 is 22.7 Å². The molecule has 248 valence electrons. The SMILES string of the molecule is CCCCNC(=O)[C@@H](Cc1ccccc1)N(Cc1ccc(Cl)cc1Cl)C(=O)CN(c1cccc(Cl)c1)S(=O)(=O)c1ccc(OC)cc1. The van der Waals surface area contributed by atoms with Crippen LogP contribution < -0.4 is 14.4 Å². The van der Waals surface area contributed by atoms with Gasteiger partial charge in [0, 0.05) is 34.6 Å². The number of nitrogens with zero attached hydrogens (tertiary/aromatic N) is 2. The number of rotatable bonds is 15. The molecule has 2 amide bonds. The van der Waals surface area contributed by atoms with E-state index in [1.165, 1.54) is 42.3 Å². The van der Waals surface area contributed by atoms with E-state index in [0.29, 0.717) is 27.9 Å². The number of halogens is 3. The van der Waals surface area contributed by atoms with Gasteiger partial charge in [-0.1, -0.05) is 90.6 Å². The van der Waals surface area contributed by atoms with Crippen molar-refractivity contribution in [1.82, 2.24) is 10.2 Å². The molecule has 0 bridgehead atoms. The van der Waals surface area contributed by atoms with Gasteiger partial charge in [-0.2, -0.15) is 0 Å². The van der Waals surface area contributed by atoms with Crippen LogP contribution in [0, 0.1) is 0 Å². The lowest BCUT2D eigenvalue weighted by atomic mass is 10.0. The highest BCUT2D eigenvalue weighted by Gasteiger charge is 2.35. The van der Waals surface area contributed by atoms with E-state index in [1.54, 1.807) is 36.4 Å². The Hall–Kier alpha value is -3.76. The van der Waals surface area contributed by atoms with Crippen molar-refractivity contribution >= 4 is 62.3 Å². The predicted molar refractivity (Wildman–Crippen MR) is 188 cm³/mol. The van der Waals surface area contributed by atoms with Gasteiger partial charge in [-0.3, -0.25) is 13.9 Å². The summed E-state index contributed by atoms with van der Waals surface area (Å²) in [4.78, 5) is 29.7. The van der Waals surface area contributed by atoms with Crippen LogP contribution in [-0.2, 0) is 32.6 Å². The molecular weight excluding hydrogens is 681 g/mol. The predicted octanol–water partition coefficient (Wildman–Crippen LogP) is 7.41. The van der Waals surface area contributed by atoms with Gasteiger partial charge < -0.3 is 15.0 Å². The molecule has 0 saturated carbocycles. The standard InChI is InChI=1S/C35H36Cl3N3O5S/c1-3-4-19-39-35(43)33(20-25-9-6-5-7-10-25)40(23-26-13-14-28(37)22-32(26)38)34(42)24-41(29-12-8-11-27(36)21-29)47(44,45)31-17-15-30(46-2)16-18-31/h5-18,21-22,33H,3-4,19-20,23-24H2,1-2H3,(H,39,43)/t33-/m1/s1. The average molecular weight is 717 g/mol. The molecule has 8 nitrogen and oxygen atoms in total. The van der Waals surface area contributed by atoms with Crippen molar-refractivity contribution in [2.24, 2.45) is 0 Å². The number of sulfonamides is 1. The number of hydrogen-bond donors (Lipinski definition) is 1. The van der Waals surface area contributed by atoms with E-state index in [-0.39, 0.29) is 34.5 Å². The van der Waals surface area contributed by atoms with Gasteiger partial charge in [-0.05, 0) is 72.1 Å². The van der Waals surface area contributed by atoms with Gasteiger partial charge in [0.1, 0.15) is 18.3 Å². The largest absolute Gasteiger partial charge is 0.497 e. The van der Waals surface area contributed by atoms with Crippen molar-refractivity contribution in [3.63, 3.8) is 0 Å². The third-order valence-corrected chi connectivity index (χ3v) is 10.1. The summed E-state index contributed by atoms with van der Waals surface area (Å²) in [5.41, 5.74) is 1.54. The Morgan fingerprint density at radius 2 is 1.57 bits per heavy atom. The molecule has 0 radical (unpaired) electrons. The van der Waals surface area contributed by atoms with E-state index in [2.05, 4.69) is 5.32 Å². The van der Waals surface area contributed by atoms with Crippen LogP contribution in [0.5, 0.6) is 5.75 Å². The monoisotopic (exact) mass is 715 g/mol. The molecule has 4 aromatic rings. The fraction of sp³-hybridized carbons (Fsp3) is 0.257. The van der Waals surface area contributed by atoms with Crippen LogP contribution in [0.1, 0.15) is 30.9 Å². The molecule has 0 saturated heterocycles. The van der Waals surface area contributed by atoms with E-state index in [9.17, 15) is 18.0 Å². The smallest absolute Gasteiger partial charge is 0.264 e. The molecule has 1 N–H and O–H groups in total.